The van der Waals surface area contributed by atoms with Gasteiger partial charge >= 0.3 is 11.9 Å². The van der Waals surface area contributed by atoms with E-state index in [2.05, 4.69) is 86.0 Å². The normalized spacial score (nSPS) is 12.4. The van der Waals surface area contributed by atoms with E-state index in [0.717, 1.165) is 22.6 Å². The van der Waals surface area contributed by atoms with Gasteiger partial charge in [0.05, 0.1) is 31.8 Å². The first kappa shape index (κ1) is 31.3. The number of hydrogen-bond acceptors (Lipinski definition) is 6. The van der Waals surface area contributed by atoms with E-state index in [1.807, 2.05) is 24.3 Å². The first-order valence-corrected chi connectivity index (χ1v) is 15.1. The van der Waals surface area contributed by atoms with Gasteiger partial charge in [0.1, 0.15) is 11.5 Å². The van der Waals surface area contributed by atoms with Crippen molar-refractivity contribution < 1.29 is 28.5 Å². The zero-order valence-electron chi connectivity index (χ0n) is 25.8. The molecule has 0 amide bonds. The zero-order valence-corrected chi connectivity index (χ0v) is 25.8. The van der Waals surface area contributed by atoms with Gasteiger partial charge in [-0.3, -0.25) is 0 Å². The highest BCUT2D eigenvalue weighted by molar-refractivity contribution is 5.87. The zero-order chi connectivity index (χ0) is 31.8. The molecule has 0 saturated carbocycles. The maximum absolute atomic E-state index is 11.6. The Labute approximate surface area is 264 Å². The van der Waals surface area contributed by atoms with Gasteiger partial charge in [0.15, 0.2) is 0 Å². The Bertz CT molecular complexity index is 1560. The smallest absolute Gasteiger partial charge is 0.333 e. The summed E-state index contributed by atoms with van der Waals surface area (Å²) in [6.45, 7) is 11.9. The highest BCUT2D eigenvalue weighted by Gasteiger charge is 2.45. The van der Waals surface area contributed by atoms with E-state index >= 15 is 0 Å². The van der Waals surface area contributed by atoms with Crippen molar-refractivity contribution in [3.8, 4) is 22.6 Å². The number of hydrogen-bond donors (Lipinski definition) is 0. The van der Waals surface area contributed by atoms with E-state index in [1.54, 1.807) is 13.8 Å². The number of benzene rings is 4. The first-order valence-electron chi connectivity index (χ1n) is 15.1. The maximum atomic E-state index is 11.6. The number of ether oxygens (including phenoxy) is 4. The number of rotatable bonds is 14. The van der Waals surface area contributed by atoms with E-state index in [9.17, 15) is 9.59 Å². The predicted octanol–water partition coefficient (Wildman–Crippen LogP) is 7.83. The van der Waals surface area contributed by atoms with Gasteiger partial charge in [0.2, 0.25) is 0 Å². The summed E-state index contributed by atoms with van der Waals surface area (Å²) < 4.78 is 22.3. The van der Waals surface area contributed by atoms with Gasteiger partial charge in [0.25, 0.3) is 0 Å². The number of fused-ring (bicyclic) bond motifs is 3. The molecule has 0 spiro atoms. The Balaban J connectivity index is 1.38. The van der Waals surface area contributed by atoms with Gasteiger partial charge in [-0.2, -0.15) is 0 Å². The highest BCUT2D eigenvalue weighted by Crippen LogP contribution is 2.56. The van der Waals surface area contributed by atoms with E-state index in [0.29, 0.717) is 37.2 Å². The molecule has 0 bridgehead atoms. The monoisotopic (exact) mass is 602 g/mol. The molecule has 1 aliphatic carbocycles. The van der Waals surface area contributed by atoms with E-state index in [4.69, 9.17) is 18.9 Å². The van der Waals surface area contributed by atoms with Crippen molar-refractivity contribution in [3.05, 3.63) is 144 Å². The van der Waals surface area contributed by atoms with Crippen molar-refractivity contribution >= 4 is 11.9 Å². The van der Waals surface area contributed by atoms with Crippen molar-refractivity contribution in [1.82, 2.24) is 0 Å². The second kappa shape index (κ2) is 14.1. The fourth-order valence-electron chi connectivity index (χ4n) is 5.70. The maximum Gasteiger partial charge on any atom is 0.333 e. The molecule has 230 valence electrons. The molecule has 0 unspecified atom stereocenters. The molecule has 1 aliphatic rings. The summed E-state index contributed by atoms with van der Waals surface area (Å²) >= 11 is 0. The van der Waals surface area contributed by atoms with E-state index < -0.39 is 5.41 Å². The van der Waals surface area contributed by atoms with Crippen LogP contribution < -0.4 is 9.47 Å². The summed E-state index contributed by atoms with van der Waals surface area (Å²) in [5.74, 6) is 0.723. The van der Waals surface area contributed by atoms with Crippen LogP contribution in [0, 0.1) is 0 Å². The third kappa shape index (κ3) is 6.70. The van der Waals surface area contributed by atoms with Crippen LogP contribution in [0.4, 0.5) is 0 Å². The van der Waals surface area contributed by atoms with Crippen LogP contribution in [0.5, 0.6) is 11.5 Å². The Morgan fingerprint density at radius 1 is 0.556 bits per heavy atom. The molecule has 0 radical (unpaired) electrons. The molecule has 5 rings (SSSR count). The number of carbonyl (C=O) groups excluding carboxylic acids is 2. The standard InChI is InChI=1S/C39H38O6/c1-27(2)37(40)44-25-9-23-42-31-19-15-29(16-20-31)39(35-13-7-5-11-33(35)34-12-6-8-14-36(34)39)30-17-21-32(22-18-30)43-24-10-26-45-38(41)28(3)4/h5-8,11-22H,1,3,9-10,23-26H2,2,4H3. The third-order valence-corrected chi connectivity index (χ3v) is 7.81. The van der Waals surface area contributed by atoms with Gasteiger partial charge in [-0.1, -0.05) is 86.0 Å². The van der Waals surface area contributed by atoms with Crippen LogP contribution in [0.25, 0.3) is 11.1 Å². The second-order valence-corrected chi connectivity index (χ2v) is 11.1. The molecule has 45 heavy (non-hydrogen) atoms. The molecular weight excluding hydrogens is 564 g/mol. The average molecular weight is 603 g/mol. The van der Waals surface area contributed by atoms with E-state index in [1.165, 1.54) is 22.3 Å². The van der Waals surface area contributed by atoms with Crippen LogP contribution >= 0.6 is 0 Å². The lowest BCUT2D eigenvalue weighted by atomic mass is 9.68. The second-order valence-electron chi connectivity index (χ2n) is 11.1. The lowest BCUT2D eigenvalue weighted by molar-refractivity contribution is -0.140. The molecule has 6 nitrogen and oxygen atoms in total. The van der Waals surface area contributed by atoms with Crippen molar-refractivity contribution in [3.63, 3.8) is 0 Å². The van der Waals surface area contributed by atoms with Gasteiger partial charge < -0.3 is 18.9 Å². The minimum Gasteiger partial charge on any atom is -0.493 e. The quantitative estimate of drug-likeness (QED) is 0.0733. The summed E-state index contributed by atoms with van der Waals surface area (Å²) in [6.07, 6.45) is 1.17. The van der Waals surface area contributed by atoms with Gasteiger partial charge in [0, 0.05) is 24.0 Å². The lowest BCUT2D eigenvalue weighted by Crippen LogP contribution is -2.28. The fourth-order valence-corrected chi connectivity index (χ4v) is 5.70. The Hall–Kier alpha value is -5.10. The average Bonchev–Trinajstić information content (AvgIpc) is 3.36. The SMILES string of the molecule is C=C(C)C(=O)OCCCOc1ccc(C2(c3ccc(OCCCOC(=O)C(=C)C)cc3)c3ccccc3-c3ccccc32)cc1. The number of esters is 2. The summed E-state index contributed by atoms with van der Waals surface area (Å²) in [4.78, 5) is 23.2. The molecule has 6 heteroatoms. The van der Waals surface area contributed by atoms with Crippen molar-refractivity contribution in [2.75, 3.05) is 26.4 Å². The van der Waals surface area contributed by atoms with E-state index in [-0.39, 0.29) is 25.2 Å². The van der Waals surface area contributed by atoms with Gasteiger partial charge in [-0.05, 0) is 71.5 Å². The minimum atomic E-state index is -0.544. The Kier molecular flexibility index (Phi) is 9.83. The van der Waals surface area contributed by atoms with Crippen molar-refractivity contribution in [2.24, 2.45) is 0 Å². The van der Waals surface area contributed by atoms with Crippen LogP contribution in [0.1, 0.15) is 48.9 Å². The molecule has 0 aliphatic heterocycles. The number of carbonyl (C=O) groups is 2. The third-order valence-electron chi connectivity index (χ3n) is 7.81. The lowest BCUT2D eigenvalue weighted by Gasteiger charge is -2.34. The van der Waals surface area contributed by atoms with Crippen molar-refractivity contribution in [1.29, 1.82) is 0 Å². The first-order chi connectivity index (χ1) is 21.8. The predicted molar refractivity (Wildman–Crippen MR) is 176 cm³/mol. The molecular formula is C39H38O6. The summed E-state index contributed by atoms with van der Waals surface area (Å²) in [5, 5.41) is 0. The topological polar surface area (TPSA) is 71.1 Å². The highest BCUT2D eigenvalue weighted by atomic mass is 16.5. The molecule has 0 fully saturated rings. The van der Waals surface area contributed by atoms with Crippen LogP contribution in [0.2, 0.25) is 0 Å². The molecule has 0 aromatic heterocycles. The Morgan fingerprint density at radius 2 is 0.933 bits per heavy atom. The molecule has 0 atom stereocenters. The summed E-state index contributed by atoms with van der Waals surface area (Å²) in [7, 11) is 0. The van der Waals surface area contributed by atoms with Crippen LogP contribution in [0.3, 0.4) is 0 Å². The molecule has 0 saturated heterocycles. The molecule has 4 aromatic carbocycles. The Morgan fingerprint density at radius 3 is 1.31 bits per heavy atom. The summed E-state index contributed by atoms with van der Waals surface area (Å²) in [6, 6.07) is 33.7. The molecule has 0 heterocycles. The van der Waals surface area contributed by atoms with Gasteiger partial charge in [-0.15, -0.1) is 0 Å². The minimum absolute atomic E-state index is 0.280. The van der Waals surface area contributed by atoms with Crippen LogP contribution in [0.15, 0.2) is 121 Å². The summed E-state index contributed by atoms with van der Waals surface area (Å²) in [5.41, 5.74) is 7.32. The molecule has 4 aromatic rings. The van der Waals surface area contributed by atoms with Crippen molar-refractivity contribution in [2.45, 2.75) is 32.1 Å². The largest absolute Gasteiger partial charge is 0.493 e. The van der Waals surface area contributed by atoms with Gasteiger partial charge in [-0.25, -0.2) is 9.59 Å². The molecule has 0 N–H and O–H groups in total. The van der Waals surface area contributed by atoms with Crippen LogP contribution in [-0.4, -0.2) is 38.4 Å². The fraction of sp³-hybridized carbons (Fsp3) is 0.231. The van der Waals surface area contributed by atoms with Crippen LogP contribution in [-0.2, 0) is 24.5 Å².